The first-order valence-electron chi connectivity index (χ1n) is 4.52. The highest BCUT2D eigenvalue weighted by Crippen LogP contribution is 2.04. The van der Waals surface area contributed by atoms with Crippen LogP contribution in [0.25, 0.3) is 0 Å². The molecule has 0 saturated carbocycles. The number of alkyl carbamates (subject to hydrolysis) is 1. The SMILES string of the molecule is CCCCN1C=C(NC(=O)OC)ON1. The molecule has 0 aromatic heterocycles. The van der Waals surface area contributed by atoms with Gasteiger partial charge in [-0.15, -0.1) is 0 Å². The van der Waals surface area contributed by atoms with Gasteiger partial charge in [0.1, 0.15) is 0 Å². The zero-order valence-electron chi connectivity index (χ0n) is 8.37. The van der Waals surface area contributed by atoms with E-state index in [1.54, 1.807) is 11.2 Å². The predicted octanol–water partition coefficient (Wildman–Crippen LogP) is 0.693. The van der Waals surface area contributed by atoms with Gasteiger partial charge in [-0.05, 0) is 6.42 Å². The molecule has 80 valence electrons. The highest BCUT2D eigenvalue weighted by molar-refractivity contribution is 5.68. The Balaban J connectivity index is 2.30. The fourth-order valence-corrected chi connectivity index (χ4v) is 0.950. The Labute approximate surface area is 82.8 Å². The third-order valence-corrected chi connectivity index (χ3v) is 1.71. The van der Waals surface area contributed by atoms with E-state index in [-0.39, 0.29) is 0 Å². The Morgan fingerprint density at radius 2 is 2.57 bits per heavy atom. The number of methoxy groups -OCH3 is 1. The number of hydrogen-bond acceptors (Lipinski definition) is 5. The number of rotatable bonds is 4. The average Bonchev–Trinajstić information content (AvgIpc) is 2.62. The molecule has 0 aromatic carbocycles. The molecule has 1 rings (SSSR count). The number of amides is 1. The van der Waals surface area contributed by atoms with Crippen molar-refractivity contribution >= 4 is 6.09 Å². The minimum atomic E-state index is -0.546. The van der Waals surface area contributed by atoms with Crippen molar-refractivity contribution in [2.45, 2.75) is 19.8 Å². The lowest BCUT2D eigenvalue weighted by Gasteiger charge is -2.11. The molecule has 14 heavy (non-hydrogen) atoms. The second kappa shape index (κ2) is 5.33. The number of ether oxygens (including phenoxy) is 1. The maximum absolute atomic E-state index is 10.8. The maximum atomic E-state index is 10.8. The van der Waals surface area contributed by atoms with Gasteiger partial charge in [0.15, 0.2) is 0 Å². The Morgan fingerprint density at radius 3 is 3.21 bits per heavy atom. The van der Waals surface area contributed by atoms with Crippen LogP contribution in [0.4, 0.5) is 4.79 Å². The number of unbranched alkanes of at least 4 members (excludes halogenated alkanes) is 1. The minimum Gasteiger partial charge on any atom is -0.453 e. The summed E-state index contributed by atoms with van der Waals surface area (Å²) in [7, 11) is 1.30. The van der Waals surface area contributed by atoms with E-state index in [1.807, 2.05) is 0 Å². The summed E-state index contributed by atoms with van der Waals surface area (Å²) in [4.78, 5) is 15.7. The molecule has 6 heteroatoms. The van der Waals surface area contributed by atoms with Crippen molar-refractivity contribution in [3.63, 3.8) is 0 Å². The largest absolute Gasteiger partial charge is 0.453 e. The van der Waals surface area contributed by atoms with E-state index in [0.717, 1.165) is 19.4 Å². The first-order valence-corrected chi connectivity index (χ1v) is 4.52. The predicted molar refractivity (Wildman–Crippen MR) is 49.5 cm³/mol. The fraction of sp³-hybridized carbons (Fsp3) is 0.625. The maximum Gasteiger partial charge on any atom is 0.413 e. The van der Waals surface area contributed by atoms with Crippen LogP contribution in [0.5, 0.6) is 0 Å². The van der Waals surface area contributed by atoms with Crippen LogP contribution in [0, 0.1) is 0 Å². The van der Waals surface area contributed by atoms with Crippen LogP contribution < -0.4 is 10.9 Å². The van der Waals surface area contributed by atoms with E-state index in [2.05, 4.69) is 22.6 Å². The highest BCUT2D eigenvalue weighted by atomic mass is 16.7. The molecular formula is C8H15N3O3. The summed E-state index contributed by atoms with van der Waals surface area (Å²) in [5.74, 6) is 0.341. The molecule has 0 aliphatic carbocycles. The molecule has 0 unspecified atom stereocenters. The van der Waals surface area contributed by atoms with Crippen LogP contribution >= 0.6 is 0 Å². The fourth-order valence-electron chi connectivity index (χ4n) is 0.950. The molecule has 1 aliphatic rings. The van der Waals surface area contributed by atoms with Gasteiger partial charge in [-0.25, -0.2) is 4.79 Å². The van der Waals surface area contributed by atoms with Gasteiger partial charge in [0, 0.05) is 6.54 Å². The smallest absolute Gasteiger partial charge is 0.413 e. The van der Waals surface area contributed by atoms with E-state index >= 15 is 0 Å². The van der Waals surface area contributed by atoms with E-state index in [0.29, 0.717) is 5.88 Å². The standard InChI is InChI=1S/C8H15N3O3/c1-3-4-5-11-6-7(14-10-11)9-8(12)13-2/h6,10H,3-5H2,1-2H3,(H,9,12). The summed E-state index contributed by atoms with van der Waals surface area (Å²) < 4.78 is 4.41. The Kier molecular flexibility index (Phi) is 4.06. The molecule has 0 radical (unpaired) electrons. The van der Waals surface area contributed by atoms with Crippen molar-refractivity contribution < 1.29 is 14.4 Å². The molecule has 1 aliphatic heterocycles. The molecule has 0 aromatic rings. The van der Waals surface area contributed by atoms with E-state index < -0.39 is 6.09 Å². The molecule has 2 N–H and O–H groups in total. The molecule has 0 atom stereocenters. The molecule has 6 nitrogen and oxygen atoms in total. The van der Waals surface area contributed by atoms with Crippen LogP contribution in [0.1, 0.15) is 19.8 Å². The van der Waals surface area contributed by atoms with Crippen molar-refractivity contribution in [3.05, 3.63) is 12.1 Å². The molecule has 0 spiro atoms. The lowest BCUT2D eigenvalue weighted by atomic mass is 10.3. The second-order valence-electron chi connectivity index (χ2n) is 2.85. The van der Waals surface area contributed by atoms with Gasteiger partial charge in [-0.1, -0.05) is 18.9 Å². The van der Waals surface area contributed by atoms with Crippen LogP contribution in [0.15, 0.2) is 12.1 Å². The van der Waals surface area contributed by atoms with Crippen LogP contribution in [-0.2, 0) is 9.57 Å². The monoisotopic (exact) mass is 201 g/mol. The van der Waals surface area contributed by atoms with E-state index in [4.69, 9.17) is 4.84 Å². The minimum absolute atomic E-state index is 0.341. The first kappa shape index (κ1) is 10.6. The molecule has 0 fully saturated rings. The van der Waals surface area contributed by atoms with Gasteiger partial charge in [0.2, 0.25) is 5.88 Å². The topological polar surface area (TPSA) is 62.8 Å². The van der Waals surface area contributed by atoms with Gasteiger partial charge in [0.05, 0.1) is 13.3 Å². The third-order valence-electron chi connectivity index (χ3n) is 1.71. The van der Waals surface area contributed by atoms with Crippen molar-refractivity contribution in [3.8, 4) is 0 Å². The molecule has 0 saturated heterocycles. The molecule has 1 amide bonds. The molecule has 0 bridgehead atoms. The second-order valence-corrected chi connectivity index (χ2v) is 2.85. The van der Waals surface area contributed by atoms with Gasteiger partial charge >= 0.3 is 6.09 Å². The number of nitrogens with one attached hydrogen (secondary N) is 2. The molecular weight excluding hydrogens is 186 g/mol. The van der Waals surface area contributed by atoms with E-state index in [9.17, 15) is 4.79 Å². The number of nitrogens with zero attached hydrogens (tertiary/aromatic N) is 1. The lowest BCUT2D eigenvalue weighted by molar-refractivity contribution is 0.0146. The Hall–Kier alpha value is -1.43. The highest BCUT2D eigenvalue weighted by Gasteiger charge is 2.14. The number of carbonyl (C=O) groups excluding carboxylic acids is 1. The normalized spacial score (nSPS) is 14.7. The summed E-state index contributed by atoms with van der Waals surface area (Å²) in [6.07, 6.45) is 3.28. The number of hydrazine groups is 1. The average molecular weight is 201 g/mol. The zero-order valence-corrected chi connectivity index (χ0v) is 8.37. The number of hydrogen-bond donors (Lipinski definition) is 2. The van der Waals surface area contributed by atoms with Crippen molar-refractivity contribution in [1.82, 2.24) is 15.9 Å². The number of carbonyl (C=O) groups is 1. The first-order chi connectivity index (χ1) is 6.76. The van der Waals surface area contributed by atoms with Crippen molar-refractivity contribution in [1.29, 1.82) is 0 Å². The van der Waals surface area contributed by atoms with E-state index in [1.165, 1.54) is 7.11 Å². The van der Waals surface area contributed by atoms with Gasteiger partial charge in [-0.3, -0.25) is 10.3 Å². The summed E-state index contributed by atoms with van der Waals surface area (Å²) in [6.45, 7) is 2.94. The van der Waals surface area contributed by atoms with Crippen molar-refractivity contribution in [2.75, 3.05) is 13.7 Å². The Bertz CT molecular complexity index is 230. The summed E-state index contributed by atoms with van der Waals surface area (Å²) in [6, 6.07) is 0. The summed E-state index contributed by atoms with van der Waals surface area (Å²) in [5, 5.41) is 4.17. The zero-order chi connectivity index (χ0) is 10.4. The summed E-state index contributed by atoms with van der Waals surface area (Å²) >= 11 is 0. The lowest BCUT2D eigenvalue weighted by Crippen LogP contribution is -2.29. The van der Waals surface area contributed by atoms with Crippen LogP contribution in [0.3, 0.4) is 0 Å². The third kappa shape index (κ3) is 3.14. The van der Waals surface area contributed by atoms with Crippen LogP contribution in [0.2, 0.25) is 0 Å². The van der Waals surface area contributed by atoms with Gasteiger partial charge in [0.25, 0.3) is 0 Å². The van der Waals surface area contributed by atoms with Crippen LogP contribution in [-0.4, -0.2) is 24.8 Å². The molecule has 1 heterocycles. The Morgan fingerprint density at radius 1 is 1.79 bits per heavy atom. The quantitative estimate of drug-likeness (QED) is 0.700. The van der Waals surface area contributed by atoms with Gasteiger partial charge < -0.3 is 9.57 Å². The van der Waals surface area contributed by atoms with Gasteiger partial charge in [-0.2, -0.15) is 0 Å². The van der Waals surface area contributed by atoms with Crippen molar-refractivity contribution in [2.24, 2.45) is 0 Å². The summed E-state index contributed by atoms with van der Waals surface area (Å²) in [5.41, 5.74) is 2.64.